The molecule has 0 unspecified atom stereocenters. The maximum absolute atomic E-state index is 12.6. The van der Waals surface area contributed by atoms with E-state index < -0.39 is 27.4 Å². The van der Waals surface area contributed by atoms with Crippen molar-refractivity contribution in [3.05, 3.63) is 85.8 Å². The number of carbonyl (C=O) groups excluding carboxylic acids is 1. The molecule has 0 radical (unpaired) electrons. The van der Waals surface area contributed by atoms with Gasteiger partial charge < -0.3 is 24.2 Å². The van der Waals surface area contributed by atoms with Gasteiger partial charge in [0, 0.05) is 41.2 Å². The van der Waals surface area contributed by atoms with Crippen molar-refractivity contribution in [2.24, 2.45) is 0 Å². The number of aromatic nitrogens is 3. The fourth-order valence-electron chi connectivity index (χ4n) is 5.97. The molecule has 2 aliphatic rings. The van der Waals surface area contributed by atoms with E-state index in [-0.39, 0.29) is 66.3 Å². The Kier molecular flexibility index (Phi) is 11.3. The first kappa shape index (κ1) is 37.1. The van der Waals surface area contributed by atoms with Gasteiger partial charge in [-0.25, -0.2) is 8.42 Å². The van der Waals surface area contributed by atoms with E-state index in [2.05, 4.69) is 15.6 Å². The van der Waals surface area contributed by atoms with Crippen LogP contribution < -0.4 is 39.6 Å². The van der Waals surface area contributed by atoms with Crippen LogP contribution in [-0.4, -0.2) is 51.2 Å². The standard InChI is InChI=1S/C32H33Cl3N4O7S.Na/c1-17(2)39-27(13-26(37-39)31(40)36-10-11-47(42,43)44)19-14-32(41,15-19)22-9-8-20(12-25(22)35)45-16-21-29(38-46-30(21)18-6-7-18)28-23(33)4-3-5-24(28)34;/h3-5,8-9,12-13,17-19,41H,6-7,10-11,14-16H2,1-2H3,(H,36,40)(H,42,43,44);/q;+1/p-1. The molecule has 2 aliphatic carbocycles. The maximum atomic E-state index is 12.6. The maximum Gasteiger partial charge on any atom is 1.00 e. The molecule has 4 aromatic rings. The Hall–Kier alpha value is -2.13. The van der Waals surface area contributed by atoms with Crippen molar-refractivity contribution in [3.8, 4) is 17.0 Å². The SMILES string of the molecule is CC(C)n1nc(C(=O)NCCS(=O)(=O)[O-])cc1C1CC(O)(c2ccc(OCc3c(-c4c(Cl)cccc4Cl)noc3C3CC3)cc2Cl)C1.[Na+]. The van der Waals surface area contributed by atoms with Crippen LogP contribution in [0.1, 0.15) is 90.5 Å². The monoisotopic (exact) mass is 744 g/mol. The topological polar surface area (TPSA) is 160 Å². The molecule has 0 spiro atoms. The number of ether oxygens (including phenoxy) is 1. The minimum Gasteiger partial charge on any atom is -0.748 e. The number of hydrogen-bond donors (Lipinski definition) is 2. The normalized spacial score (nSPS) is 19.1. The summed E-state index contributed by atoms with van der Waals surface area (Å²) in [4.78, 5) is 12.6. The summed E-state index contributed by atoms with van der Waals surface area (Å²) in [6.45, 7) is 3.67. The Bertz CT molecular complexity index is 1920. The smallest absolute Gasteiger partial charge is 0.748 e. The zero-order valence-electron chi connectivity index (χ0n) is 26.5. The van der Waals surface area contributed by atoms with Crippen molar-refractivity contribution in [2.75, 3.05) is 12.3 Å². The molecule has 2 N–H and O–H groups in total. The number of halogens is 3. The van der Waals surface area contributed by atoms with Gasteiger partial charge in [-0.1, -0.05) is 52.1 Å². The van der Waals surface area contributed by atoms with Gasteiger partial charge in [0.1, 0.15) is 29.5 Å². The van der Waals surface area contributed by atoms with Crippen molar-refractivity contribution in [1.82, 2.24) is 20.3 Å². The first-order valence-electron chi connectivity index (χ1n) is 15.1. The first-order chi connectivity index (χ1) is 22.2. The van der Waals surface area contributed by atoms with Crippen molar-refractivity contribution in [1.29, 1.82) is 0 Å². The molecular formula is C32H32Cl3N4NaO7S. The van der Waals surface area contributed by atoms with Crippen LogP contribution in [0.2, 0.25) is 15.1 Å². The van der Waals surface area contributed by atoms with Crippen molar-refractivity contribution >= 4 is 50.8 Å². The molecular weight excluding hydrogens is 714 g/mol. The zero-order valence-corrected chi connectivity index (χ0v) is 31.6. The molecule has 48 heavy (non-hydrogen) atoms. The number of rotatable bonds is 12. The second-order valence-corrected chi connectivity index (χ2v) is 15.1. The molecule has 11 nitrogen and oxygen atoms in total. The van der Waals surface area contributed by atoms with Gasteiger partial charge in [0.15, 0.2) is 0 Å². The number of hydrogen-bond acceptors (Lipinski definition) is 9. The van der Waals surface area contributed by atoms with Crippen LogP contribution in [0.5, 0.6) is 5.75 Å². The molecule has 0 bridgehead atoms. The van der Waals surface area contributed by atoms with Gasteiger partial charge in [-0.15, -0.1) is 0 Å². The average Bonchev–Trinajstić information content (AvgIpc) is 3.58. The van der Waals surface area contributed by atoms with Gasteiger partial charge in [0.05, 0.1) is 42.1 Å². The Morgan fingerprint density at radius 2 is 1.81 bits per heavy atom. The van der Waals surface area contributed by atoms with Gasteiger partial charge in [-0.05, 0) is 69.9 Å². The number of aliphatic hydroxyl groups is 1. The van der Waals surface area contributed by atoms with E-state index in [4.69, 9.17) is 44.1 Å². The molecule has 0 saturated heterocycles. The summed E-state index contributed by atoms with van der Waals surface area (Å²) in [5.74, 6) is 0.107. The zero-order chi connectivity index (χ0) is 33.7. The minimum absolute atomic E-state index is 0. The third kappa shape index (κ3) is 7.92. The predicted octanol–water partition coefficient (Wildman–Crippen LogP) is 3.58. The van der Waals surface area contributed by atoms with E-state index in [1.54, 1.807) is 47.1 Å². The van der Waals surface area contributed by atoms with Crippen LogP contribution in [0.3, 0.4) is 0 Å². The fourth-order valence-corrected chi connectivity index (χ4v) is 7.24. The van der Waals surface area contributed by atoms with Crippen LogP contribution in [0.4, 0.5) is 0 Å². The summed E-state index contributed by atoms with van der Waals surface area (Å²) in [7, 11) is -4.46. The van der Waals surface area contributed by atoms with Crippen molar-refractivity contribution in [2.45, 2.75) is 69.6 Å². The number of carbonyl (C=O) groups is 1. The summed E-state index contributed by atoms with van der Waals surface area (Å²) in [6.07, 6.45) is 2.68. The second-order valence-electron chi connectivity index (χ2n) is 12.3. The number of benzene rings is 2. The summed E-state index contributed by atoms with van der Waals surface area (Å²) in [5, 5.41) is 23.9. The summed E-state index contributed by atoms with van der Waals surface area (Å²) in [6, 6.07) is 12.0. The molecule has 2 aromatic carbocycles. The van der Waals surface area contributed by atoms with E-state index in [1.165, 1.54) is 0 Å². The molecule has 2 heterocycles. The van der Waals surface area contributed by atoms with Crippen LogP contribution in [0.25, 0.3) is 11.3 Å². The van der Waals surface area contributed by atoms with E-state index in [0.717, 1.165) is 29.9 Å². The van der Waals surface area contributed by atoms with Gasteiger partial charge >= 0.3 is 29.6 Å². The molecule has 1 amide bonds. The Morgan fingerprint density at radius 1 is 1.12 bits per heavy atom. The van der Waals surface area contributed by atoms with E-state index in [1.807, 2.05) is 13.8 Å². The van der Waals surface area contributed by atoms with E-state index >= 15 is 0 Å². The molecule has 2 aromatic heterocycles. The first-order valence-corrected chi connectivity index (χ1v) is 17.8. The second kappa shape index (κ2) is 14.6. The molecule has 6 rings (SSSR count). The average molecular weight is 746 g/mol. The van der Waals surface area contributed by atoms with Crippen molar-refractivity contribution < 1.29 is 61.7 Å². The van der Waals surface area contributed by atoms with Crippen molar-refractivity contribution in [3.63, 3.8) is 0 Å². The summed E-state index contributed by atoms with van der Waals surface area (Å²) in [5.41, 5.74) is 2.11. The number of nitrogens with one attached hydrogen (secondary N) is 1. The fraction of sp³-hybridized carbons (Fsp3) is 0.406. The van der Waals surface area contributed by atoms with Crippen LogP contribution in [0.15, 0.2) is 47.0 Å². The third-order valence-corrected chi connectivity index (χ3v) is 10.1. The molecule has 2 saturated carbocycles. The van der Waals surface area contributed by atoms with E-state index in [0.29, 0.717) is 50.5 Å². The third-order valence-electron chi connectivity index (χ3n) is 8.50. The molecule has 16 heteroatoms. The number of nitrogens with zero attached hydrogens (tertiary/aromatic N) is 3. The van der Waals surface area contributed by atoms with Gasteiger partial charge in [-0.3, -0.25) is 9.48 Å². The van der Waals surface area contributed by atoms with E-state index in [9.17, 15) is 22.9 Å². The quantitative estimate of drug-likeness (QED) is 0.163. The van der Waals surface area contributed by atoms with Gasteiger partial charge in [0.25, 0.3) is 5.91 Å². The van der Waals surface area contributed by atoms with Gasteiger partial charge in [0.2, 0.25) is 0 Å². The summed E-state index contributed by atoms with van der Waals surface area (Å²) >= 11 is 19.7. The molecule has 250 valence electrons. The Balaban J connectivity index is 0.00000451. The largest absolute Gasteiger partial charge is 1.00 e. The van der Waals surface area contributed by atoms with Crippen LogP contribution in [0, 0.1) is 0 Å². The van der Waals surface area contributed by atoms with Crippen LogP contribution in [-0.2, 0) is 22.3 Å². The Labute approximate surface area is 315 Å². The van der Waals surface area contributed by atoms with Gasteiger partial charge in [-0.2, -0.15) is 5.10 Å². The predicted molar refractivity (Wildman–Crippen MR) is 175 cm³/mol. The molecule has 0 aliphatic heterocycles. The summed E-state index contributed by atoms with van der Waals surface area (Å²) < 4.78 is 46.2. The number of amides is 1. The molecule has 2 fully saturated rings. The Morgan fingerprint density at radius 3 is 2.42 bits per heavy atom. The minimum atomic E-state index is -4.46. The molecule has 0 atom stereocenters. The van der Waals surface area contributed by atoms with Crippen LogP contribution >= 0.6 is 34.8 Å².